The van der Waals surface area contributed by atoms with E-state index in [-0.39, 0.29) is 11.5 Å². The molecule has 4 rings (SSSR count). The van der Waals surface area contributed by atoms with Gasteiger partial charge in [-0.1, -0.05) is 0 Å². The average molecular weight is 367 g/mol. The maximum Gasteiger partial charge on any atom is 0.356 e. The summed E-state index contributed by atoms with van der Waals surface area (Å²) in [5.74, 6) is -1.06. The Kier molecular flexibility index (Phi) is 4.60. The van der Waals surface area contributed by atoms with Crippen LogP contribution in [0, 0.1) is 5.82 Å². The molecular formula is C20H18FN3O3. The molecule has 138 valence electrons. The Morgan fingerprint density at radius 3 is 2.30 bits per heavy atom. The van der Waals surface area contributed by atoms with E-state index in [1.54, 1.807) is 0 Å². The Labute approximate surface area is 155 Å². The second-order valence-corrected chi connectivity index (χ2v) is 6.27. The lowest BCUT2D eigenvalue weighted by Crippen LogP contribution is -2.36. The zero-order valence-electron chi connectivity index (χ0n) is 14.5. The standard InChI is InChI=1S/C20H18FN3O3/c21-15-5-1-13(2-6-15)17-18(20(25)26)23-19(22-17)14-3-7-16(8-4-14)24-9-11-27-12-10-24/h1-8H,9-12H2,(H,22,23)(H,25,26). The van der Waals surface area contributed by atoms with E-state index >= 15 is 0 Å². The number of imidazole rings is 1. The molecule has 1 aromatic heterocycles. The molecule has 7 heteroatoms. The van der Waals surface area contributed by atoms with Crippen molar-refractivity contribution in [3.8, 4) is 22.6 Å². The molecule has 2 N–H and O–H groups in total. The predicted octanol–water partition coefficient (Wildman–Crippen LogP) is 3.42. The number of halogens is 1. The van der Waals surface area contributed by atoms with Gasteiger partial charge < -0.3 is 19.7 Å². The number of carbonyl (C=O) groups is 1. The number of aromatic nitrogens is 2. The SMILES string of the molecule is O=C(O)c1nc(-c2ccc(N3CCOCC3)cc2)[nH]c1-c1ccc(F)cc1. The maximum absolute atomic E-state index is 13.2. The molecule has 1 saturated heterocycles. The van der Waals surface area contributed by atoms with Crippen LogP contribution < -0.4 is 4.90 Å². The third kappa shape index (κ3) is 3.54. The first-order chi connectivity index (χ1) is 13.1. The Bertz CT molecular complexity index is 946. The fourth-order valence-electron chi connectivity index (χ4n) is 3.14. The summed E-state index contributed by atoms with van der Waals surface area (Å²) >= 11 is 0. The number of morpholine rings is 1. The molecule has 0 radical (unpaired) electrons. The van der Waals surface area contributed by atoms with Gasteiger partial charge in [-0.15, -0.1) is 0 Å². The van der Waals surface area contributed by atoms with Crippen LogP contribution >= 0.6 is 0 Å². The molecule has 0 bridgehead atoms. The molecule has 0 amide bonds. The summed E-state index contributed by atoms with van der Waals surface area (Å²) in [4.78, 5) is 21.1. The summed E-state index contributed by atoms with van der Waals surface area (Å²) in [6.07, 6.45) is 0. The number of hydrogen-bond donors (Lipinski definition) is 2. The van der Waals surface area contributed by atoms with Gasteiger partial charge in [-0.2, -0.15) is 0 Å². The van der Waals surface area contributed by atoms with Crippen molar-refractivity contribution in [2.45, 2.75) is 0 Å². The molecular weight excluding hydrogens is 349 g/mol. The number of carboxylic acid groups (broad SMARTS) is 1. The van der Waals surface area contributed by atoms with Gasteiger partial charge in [-0.05, 0) is 48.5 Å². The summed E-state index contributed by atoms with van der Waals surface area (Å²) in [5, 5.41) is 9.48. The quantitative estimate of drug-likeness (QED) is 0.739. The van der Waals surface area contributed by atoms with Crippen molar-refractivity contribution >= 4 is 11.7 Å². The first kappa shape index (κ1) is 17.2. The Morgan fingerprint density at radius 1 is 1.04 bits per heavy atom. The van der Waals surface area contributed by atoms with Crippen LogP contribution in [0.15, 0.2) is 48.5 Å². The van der Waals surface area contributed by atoms with Gasteiger partial charge in [-0.25, -0.2) is 14.2 Å². The lowest BCUT2D eigenvalue weighted by Gasteiger charge is -2.28. The zero-order chi connectivity index (χ0) is 18.8. The molecule has 2 heterocycles. The van der Waals surface area contributed by atoms with Crippen molar-refractivity contribution in [1.82, 2.24) is 9.97 Å². The summed E-state index contributed by atoms with van der Waals surface area (Å²) < 4.78 is 18.5. The van der Waals surface area contributed by atoms with Gasteiger partial charge in [0, 0.05) is 29.9 Å². The molecule has 27 heavy (non-hydrogen) atoms. The number of H-pyrrole nitrogens is 1. The van der Waals surface area contributed by atoms with E-state index in [9.17, 15) is 14.3 Å². The molecule has 0 atom stereocenters. The Hall–Kier alpha value is -3.19. The van der Waals surface area contributed by atoms with Crippen LogP contribution in [-0.4, -0.2) is 47.3 Å². The topological polar surface area (TPSA) is 78.4 Å². The van der Waals surface area contributed by atoms with E-state index in [1.807, 2.05) is 24.3 Å². The van der Waals surface area contributed by atoms with E-state index in [1.165, 1.54) is 24.3 Å². The number of aromatic carboxylic acids is 1. The van der Waals surface area contributed by atoms with Crippen LogP contribution in [0.2, 0.25) is 0 Å². The maximum atomic E-state index is 13.2. The van der Waals surface area contributed by atoms with Gasteiger partial charge in [0.1, 0.15) is 11.6 Å². The first-order valence-corrected chi connectivity index (χ1v) is 8.64. The third-order valence-corrected chi connectivity index (χ3v) is 4.56. The number of benzene rings is 2. The van der Waals surface area contributed by atoms with Crippen LogP contribution in [0.3, 0.4) is 0 Å². The highest BCUT2D eigenvalue weighted by Gasteiger charge is 2.19. The fourth-order valence-corrected chi connectivity index (χ4v) is 3.14. The molecule has 1 aliphatic rings. The second kappa shape index (κ2) is 7.20. The number of ether oxygens (including phenoxy) is 1. The average Bonchev–Trinajstić information content (AvgIpc) is 3.15. The highest BCUT2D eigenvalue weighted by atomic mass is 19.1. The monoisotopic (exact) mass is 367 g/mol. The normalized spacial score (nSPS) is 14.3. The zero-order valence-corrected chi connectivity index (χ0v) is 14.5. The third-order valence-electron chi connectivity index (χ3n) is 4.56. The van der Waals surface area contributed by atoms with Crippen molar-refractivity contribution in [2.24, 2.45) is 0 Å². The van der Waals surface area contributed by atoms with Crippen molar-refractivity contribution in [1.29, 1.82) is 0 Å². The lowest BCUT2D eigenvalue weighted by atomic mass is 10.1. The van der Waals surface area contributed by atoms with E-state index in [0.717, 1.165) is 24.3 Å². The number of hydrogen-bond acceptors (Lipinski definition) is 4. The van der Waals surface area contributed by atoms with Crippen molar-refractivity contribution in [3.05, 3.63) is 60.0 Å². The molecule has 0 saturated carbocycles. The number of aromatic amines is 1. The minimum Gasteiger partial charge on any atom is -0.476 e. The molecule has 2 aromatic carbocycles. The van der Waals surface area contributed by atoms with Crippen LogP contribution in [0.25, 0.3) is 22.6 Å². The van der Waals surface area contributed by atoms with Gasteiger partial charge in [0.25, 0.3) is 0 Å². The van der Waals surface area contributed by atoms with Gasteiger partial charge in [0.05, 0.1) is 18.9 Å². The molecule has 1 aliphatic heterocycles. The Balaban J connectivity index is 1.66. The molecule has 3 aromatic rings. The number of carboxylic acids is 1. The fraction of sp³-hybridized carbons (Fsp3) is 0.200. The number of rotatable bonds is 4. The highest BCUT2D eigenvalue weighted by Crippen LogP contribution is 2.28. The van der Waals surface area contributed by atoms with Crippen LogP contribution in [0.5, 0.6) is 0 Å². The summed E-state index contributed by atoms with van der Waals surface area (Å²) in [5.41, 5.74) is 2.70. The van der Waals surface area contributed by atoms with E-state index < -0.39 is 5.97 Å². The second-order valence-electron chi connectivity index (χ2n) is 6.27. The van der Waals surface area contributed by atoms with Gasteiger partial charge in [0.2, 0.25) is 0 Å². The molecule has 0 unspecified atom stereocenters. The van der Waals surface area contributed by atoms with E-state index in [4.69, 9.17) is 4.74 Å². The first-order valence-electron chi connectivity index (χ1n) is 8.64. The largest absolute Gasteiger partial charge is 0.476 e. The number of anilines is 1. The molecule has 6 nitrogen and oxygen atoms in total. The highest BCUT2D eigenvalue weighted by molar-refractivity contribution is 5.94. The van der Waals surface area contributed by atoms with E-state index in [2.05, 4.69) is 14.9 Å². The molecule has 0 aliphatic carbocycles. The summed E-state index contributed by atoms with van der Waals surface area (Å²) in [6, 6.07) is 13.4. The summed E-state index contributed by atoms with van der Waals surface area (Å²) in [6.45, 7) is 3.11. The predicted molar refractivity (Wildman–Crippen MR) is 99.4 cm³/mol. The smallest absolute Gasteiger partial charge is 0.356 e. The van der Waals surface area contributed by atoms with Crippen molar-refractivity contribution in [3.63, 3.8) is 0 Å². The van der Waals surface area contributed by atoms with Crippen molar-refractivity contribution in [2.75, 3.05) is 31.2 Å². The minimum atomic E-state index is -1.14. The minimum absolute atomic E-state index is 0.0890. The van der Waals surface area contributed by atoms with Crippen LogP contribution in [0.4, 0.5) is 10.1 Å². The van der Waals surface area contributed by atoms with Gasteiger partial charge in [0.15, 0.2) is 5.69 Å². The number of nitrogens with one attached hydrogen (secondary N) is 1. The summed E-state index contributed by atoms with van der Waals surface area (Å²) in [7, 11) is 0. The molecule has 0 spiro atoms. The van der Waals surface area contributed by atoms with Crippen molar-refractivity contribution < 1.29 is 19.0 Å². The molecule has 1 fully saturated rings. The Morgan fingerprint density at radius 2 is 1.67 bits per heavy atom. The van der Waals surface area contributed by atoms with Gasteiger partial charge >= 0.3 is 5.97 Å². The van der Waals surface area contributed by atoms with E-state index in [0.29, 0.717) is 30.3 Å². The number of nitrogens with zero attached hydrogens (tertiary/aromatic N) is 2. The van der Waals surface area contributed by atoms with Gasteiger partial charge in [-0.3, -0.25) is 0 Å². The lowest BCUT2D eigenvalue weighted by molar-refractivity contribution is 0.0692. The van der Waals surface area contributed by atoms with Crippen LogP contribution in [-0.2, 0) is 4.74 Å². The van der Waals surface area contributed by atoms with Crippen LogP contribution in [0.1, 0.15) is 10.5 Å².